The molecule has 0 atom stereocenters. The normalized spacial score (nSPS) is 13.2. The van der Waals surface area contributed by atoms with Gasteiger partial charge in [0.1, 0.15) is 0 Å². The third-order valence-corrected chi connectivity index (χ3v) is 3.25. The Morgan fingerprint density at radius 2 is 2.26 bits per heavy atom. The average molecular weight is 258 g/mol. The van der Waals surface area contributed by atoms with E-state index in [1.54, 1.807) is 24.0 Å². The van der Waals surface area contributed by atoms with Crippen LogP contribution in [0.25, 0.3) is 0 Å². The van der Waals surface area contributed by atoms with Crippen molar-refractivity contribution in [2.24, 2.45) is 0 Å². The lowest BCUT2D eigenvalue weighted by atomic mass is 10.1. The summed E-state index contributed by atoms with van der Waals surface area (Å²) in [5, 5.41) is 3.00. The molecule has 0 saturated heterocycles. The summed E-state index contributed by atoms with van der Waals surface area (Å²) < 4.78 is 0. The maximum Gasteiger partial charge on any atom is 0.223 e. The third kappa shape index (κ3) is 2.90. The molecule has 0 bridgehead atoms. The first-order valence-corrected chi connectivity index (χ1v) is 6.39. The largest absolute Gasteiger partial charge is 0.312 e. The predicted octanol–water partition coefficient (Wildman–Crippen LogP) is 1.55. The van der Waals surface area contributed by atoms with Crippen molar-refractivity contribution in [2.75, 3.05) is 24.5 Å². The Bertz CT molecular complexity index is 523. The fraction of sp³-hybridized carbons (Fsp3) is 0.333. The molecule has 0 radical (unpaired) electrons. The maximum absolute atomic E-state index is 12.0. The van der Waals surface area contributed by atoms with Crippen molar-refractivity contribution in [3.63, 3.8) is 0 Å². The summed E-state index contributed by atoms with van der Waals surface area (Å²) in [5.41, 5.74) is 2.70. The molecule has 2 rings (SSSR count). The van der Waals surface area contributed by atoms with Crippen molar-refractivity contribution < 1.29 is 9.59 Å². The molecule has 1 N–H and O–H groups in total. The molecule has 4 heteroatoms. The number of amides is 1. The number of nitrogens with zero attached hydrogens (tertiary/aromatic N) is 1. The number of anilines is 1. The lowest BCUT2D eigenvalue weighted by molar-refractivity contribution is -0.116. The average Bonchev–Trinajstić information content (AvgIpc) is 2.81. The van der Waals surface area contributed by atoms with Gasteiger partial charge < -0.3 is 10.2 Å². The number of benzene rings is 1. The minimum Gasteiger partial charge on any atom is -0.312 e. The predicted molar refractivity (Wildman–Crippen MR) is 75.6 cm³/mol. The van der Waals surface area contributed by atoms with Crippen LogP contribution in [0.1, 0.15) is 22.8 Å². The molecule has 4 nitrogen and oxygen atoms in total. The van der Waals surface area contributed by atoms with Crippen LogP contribution in [-0.4, -0.2) is 31.3 Å². The van der Waals surface area contributed by atoms with Crippen LogP contribution in [0.15, 0.2) is 30.9 Å². The first kappa shape index (κ1) is 13.5. The Hall–Kier alpha value is -1.94. The fourth-order valence-corrected chi connectivity index (χ4v) is 2.29. The molecule has 1 aliphatic heterocycles. The number of hydrogen-bond acceptors (Lipinski definition) is 3. The first-order chi connectivity index (χ1) is 9.13. The summed E-state index contributed by atoms with van der Waals surface area (Å²) >= 11 is 0. The highest BCUT2D eigenvalue weighted by atomic mass is 16.2. The van der Waals surface area contributed by atoms with Gasteiger partial charge in [-0.25, -0.2) is 0 Å². The fourth-order valence-electron chi connectivity index (χ4n) is 2.29. The van der Waals surface area contributed by atoms with Gasteiger partial charge in [-0.05, 0) is 30.2 Å². The van der Waals surface area contributed by atoms with Crippen LogP contribution < -0.4 is 10.2 Å². The molecular formula is C15H18N2O2. The van der Waals surface area contributed by atoms with Crippen LogP contribution in [0.4, 0.5) is 5.69 Å². The van der Waals surface area contributed by atoms with E-state index < -0.39 is 0 Å². The second-order valence-corrected chi connectivity index (χ2v) is 4.61. The number of nitrogens with one attached hydrogen (secondary N) is 1. The molecule has 1 amide bonds. The van der Waals surface area contributed by atoms with Gasteiger partial charge in [0.2, 0.25) is 5.91 Å². The van der Waals surface area contributed by atoms with Crippen LogP contribution in [0, 0.1) is 0 Å². The molecule has 0 fully saturated rings. The second kappa shape index (κ2) is 5.80. The van der Waals surface area contributed by atoms with E-state index in [0.717, 1.165) is 17.7 Å². The molecule has 19 heavy (non-hydrogen) atoms. The third-order valence-electron chi connectivity index (χ3n) is 3.25. The quantitative estimate of drug-likeness (QED) is 0.495. The molecule has 0 saturated carbocycles. The lowest BCUT2D eigenvalue weighted by Crippen LogP contribution is -2.25. The Morgan fingerprint density at radius 1 is 1.47 bits per heavy atom. The number of fused-ring (bicyclic) bond motifs is 1. The van der Waals surface area contributed by atoms with E-state index in [9.17, 15) is 9.59 Å². The van der Waals surface area contributed by atoms with Gasteiger partial charge in [-0.3, -0.25) is 9.59 Å². The summed E-state index contributed by atoms with van der Waals surface area (Å²) in [6.07, 6.45) is 2.54. The zero-order valence-corrected chi connectivity index (χ0v) is 11.1. The van der Waals surface area contributed by atoms with Crippen LogP contribution in [0.3, 0.4) is 0 Å². The Kier molecular flexibility index (Phi) is 4.12. The number of Topliss-reactive ketones (excluding diaryl/α,β-unsaturated/α-hetero) is 1. The molecule has 1 aromatic rings. The summed E-state index contributed by atoms with van der Waals surface area (Å²) in [5.74, 6) is 0.108. The topological polar surface area (TPSA) is 49.4 Å². The standard InChI is InChI=1S/C15H18N2O2/c1-3-7-16-10-15(19)13-4-5-14-12(9-13)6-8-17(14)11(2)18/h3-5,9,16H,1,6-8,10H2,2H3. The summed E-state index contributed by atoms with van der Waals surface area (Å²) in [6.45, 7) is 6.79. The molecule has 0 aromatic heterocycles. The minimum atomic E-state index is 0.0467. The minimum absolute atomic E-state index is 0.0467. The van der Waals surface area contributed by atoms with Crippen molar-refractivity contribution in [1.82, 2.24) is 5.32 Å². The van der Waals surface area contributed by atoms with E-state index in [2.05, 4.69) is 11.9 Å². The van der Waals surface area contributed by atoms with E-state index >= 15 is 0 Å². The SMILES string of the molecule is C=CCNCC(=O)c1ccc2c(c1)CCN2C(C)=O. The zero-order chi connectivity index (χ0) is 13.8. The highest BCUT2D eigenvalue weighted by Crippen LogP contribution is 2.28. The van der Waals surface area contributed by atoms with Crippen molar-refractivity contribution in [3.8, 4) is 0 Å². The molecular weight excluding hydrogens is 240 g/mol. The van der Waals surface area contributed by atoms with Crippen LogP contribution in [-0.2, 0) is 11.2 Å². The van der Waals surface area contributed by atoms with E-state index in [-0.39, 0.29) is 11.7 Å². The van der Waals surface area contributed by atoms with Gasteiger partial charge in [-0.15, -0.1) is 6.58 Å². The smallest absolute Gasteiger partial charge is 0.223 e. The summed E-state index contributed by atoms with van der Waals surface area (Å²) in [7, 11) is 0. The van der Waals surface area contributed by atoms with Crippen LogP contribution in [0.2, 0.25) is 0 Å². The Morgan fingerprint density at radius 3 is 2.95 bits per heavy atom. The van der Waals surface area contributed by atoms with Crippen molar-refractivity contribution in [2.45, 2.75) is 13.3 Å². The van der Waals surface area contributed by atoms with Gasteiger partial charge in [0, 0.05) is 31.3 Å². The van der Waals surface area contributed by atoms with Crippen molar-refractivity contribution in [1.29, 1.82) is 0 Å². The van der Waals surface area contributed by atoms with E-state index in [0.29, 0.717) is 25.2 Å². The van der Waals surface area contributed by atoms with Crippen molar-refractivity contribution >= 4 is 17.4 Å². The Labute approximate surface area is 113 Å². The van der Waals surface area contributed by atoms with Gasteiger partial charge in [0.25, 0.3) is 0 Å². The number of rotatable bonds is 5. The van der Waals surface area contributed by atoms with E-state index in [4.69, 9.17) is 0 Å². The van der Waals surface area contributed by atoms with Gasteiger partial charge in [-0.1, -0.05) is 6.08 Å². The van der Waals surface area contributed by atoms with E-state index in [1.165, 1.54) is 0 Å². The molecule has 100 valence electrons. The second-order valence-electron chi connectivity index (χ2n) is 4.61. The maximum atomic E-state index is 12.0. The molecule has 1 heterocycles. The molecule has 0 unspecified atom stereocenters. The van der Waals surface area contributed by atoms with Crippen LogP contribution >= 0.6 is 0 Å². The number of carbonyl (C=O) groups is 2. The molecule has 1 aliphatic rings. The molecule has 0 spiro atoms. The van der Waals surface area contributed by atoms with Gasteiger partial charge in [-0.2, -0.15) is 0 Å². The summed E-state index contributed by atoms with van der Waals surface area (Å²) in [6, 6.07) is 5.55. The van der Waals surface area contributed by atoms with Crippen LogP contribution in [0.5, 0.6) is 0 Å². The number of carbonyl (C=O) groups excluding carboxylic acids is 2. The first-order valence-electron chi connectivity index (χ1n) is 6.39. The highest BCUT2D eigenvalue weighted by Gasteiger charge is 2.22. The van der Waals surface area contributed by atoms with Gasteiger partial charge in [0.05, 0.1) is 6.54 Å². The number of ketones is 1. The Balaban J connectivity index is 2.12. The highest BCUT2D eigenvalue weighted by molar-refractivity contribution is 5.99. The molecule has 0 aliphatic carbocycles. The number of hydrogen-bond donors (Lipinski definition) is 1. The van der Waals surface area contributed by atoms with E-state index in [1.807, 2.05) is 12.1 Å². The lowest BCUT2D eigenvalue weighted by Gasteiger charge is -2.14. The van der Waals surface area contributed by atoms with Gasteiger partial charge in [0.15, 0.2) is 5.78 Å². The zero-order valence-electron chi connectivity index (χ0n) is 11.1. The summed E-state index contributed by atoms with van der Waals surface area (Å²) in [4.78, 5) is 25.1. The monoisotopic (exact) mass is 258 g/mol. The van der Waals surface area contributed by atoms with Crippen molar-refractivity contribution in [3.05, 3.63) is 42.0 Å². The molecule has 1 aromatic carbocycles. The van der Waals surface area contributed by atoms with Gasteiger partial charge >= 0.3 is 0 Å².